The number of aliphatic imine (C=N–C) groups is 1. The van der Waals surface area contributed by atoms with E-state index in [9.17, 15) is 4.79 Å². The van der Waals surface area contributed by atoms with Crippen LogP contribution in [0.2, 0.25) is 5.02 Å². The Hall–Kier alpha value is -2.52. The lowest BCUT2D eigenvalue weighted by molar-refractivity contribution is -0.119. The normalized spacial score (nSPS) is 18.9. The number of likely N-dealkylation sites (N-methyl/N-ethyl adjacent to an activating group) is 2. The average molecular weight is 459 g/mol. The first-order valence-corrected chi connectivity index (χ1v) is 10.7. The fourth-order valence-electron chi connectivity index (χ4n) is 3.51. The summed E-state index contributed by atoms with van der Waals surface area (Å²) in [4.78, 5) is 21.4. The molecule has 31 heavy (non-hydrogen) atoms. The van der Waals surface area contributed by atoms with Crippen molar-refractivity contribution in [2.45, 2.75) is 12.5 Å². The third-order valence-corrected chi connectivity index (χ3v) is 5.83. The van der Waals surface area contributed by atoms with Crippen molar-refractivity contribution in [1.29, 1.82) is 0 Å². The summed E-state index contributed by atoms with van der Waals surface area (Å²) in [6.07, 6.45) is -1.24. The molecule has 0 aromatic heterocycles. The summed E-state index contributed by atoms with van der Waals surface area (Å²) >= 11 is 11.8. The number of rotatable bonds is 4. The Balaban J connectivity index is 1.66. The van der Waals surface area contributed by atoms with Crippen molar-refractivity contribution in [2.24, 2.45) is 4.99 Å². The Morgan fingerprint density at radius 3 is 2.68 bits per heavy atom. The van der Waals surface area contributed by atoms with Crippen LogP contribution in [-0.2, 0) is 14.3 Å². The van der Waals surface area contributed by atoms with Gasteiger partial charge in [0.2, 0.25) is 6.17 Å². The van der Waals surface area contributed by atoms with Crippen molar-refractivity contribution in [3.63, 3.8) is 0 Å². The highest BCUT2D eigenvalue weighted by atomic mass is 35.5. The SMILES string of the molecule is CN(CC1OCCO1)C(=S)NC1N=C(c2ccccc2)c2cc(Cl)ccc2N(C)C1=O. The van der Waals surface area contributed by atoms with Crippen molar-refractivity contribution in [3.05, 3.63) is 64.7 Å². The summed E-state index contributed by atoms with van der Waals surface area (Å²) in [5, 5.41) is 4.05. The summed E-state index contributed by atoms with van der Waals surface area (Å²) in [6.45, 7) is 1.58. The highest BCUT2D eigenvalue weighted by Gasteiger charge is 2.31. The molecule has 0 spiro atoms. The molecule has 1 N–H and O–H groups in total. The van der Waals surface area contributed by atoms with Crippen LogP contribution in [0, 0.1) is 0 Å². The number of halogens is 1. The molecular formula is C22H23ClN4O3S. The van der Waals surface area contributed by atoms with Gasteiger partial charge in [0.25, 0.3) is 5.91 Å². The molecule has 2 aliphatic rings. The lowest BCUT2D eigenvalue weighted by atomic mass is 10.0. The van der Waals surface area contributed by atoms with E-state index < -0.39 is 6.17 Å². The van der Waals surface area contributed by atoms with Crippen molar-refractivity contribution in [1.82, 2.24) is 10.2 Å². The number of carbonyl (C=O) groups excluding carboxylic acids is 1. The maximum Gasteiger partial charge on any atom is 0.272 e. The van der Waals surface area contributed by atoms with E-state index in [2.05, 4.69) is 5.32 Å². The number of hydrogen-bond donors (Lipinski definition) is 1. The number of amides is 1. The fourth-order valence-corrected chi connectivity index (χ4v) is 3.87. The van der Waals surface area contributed by atoms with Crippen molar-refractivity contribution >= 4 is 46.2 Å². The van der Waals surface area contributed by atoms with Crippen LogP contribution in [0.25, 0.3) is 0 Å². The van der Waals surface area contributed by atoms with E-state index in [0.29, 0.717) is 35.6 Å². The molecule has 0 bridgehead atoms. The first-order chi connectivity index (χ1) is 14.9. The second-order valence-electron chi connectivity index (χ2n) is 7.31. The zero-order chi connectivity index (χ0) is 22.0. The predicted octanol–water partition coefficient (Wildman–Crippen LogP) is 2.66. The van der Waals surface area contributed by atoms with Gasteiger partial charge in [-0.25, -0.2) is 4.99 Å². The number of benzodiazepines with no additional fused rings is 1. The standard InChI is InChI=1S/C22H23ClN4O3S/c1-26(13-18-29-10-11-30-18)22(31)25-20-21(28)27(2)17-9-8-15(23)12-16(17)19(24-20)14-6-4-3-5-7-14/h3-9,12,18,20H,10-11,13H2,1-2H3,(H,25,31). The lowest BCUT2D eigenvalue weighted by Gasteiger charge is -2.26. The minimum Gasteiger partial charge on any atom is -0.348 e. The van der Waals surface area contributed by atoms with Crippen molar-refractivity contribution < 1.29 is 14.3 Å². The first kappa shape index (κ1) is 21.7. The molecule has 4 rings (SSSR count). The van der Waals surface area contributed by atoms with E-state index >= 15 is 0 Å². The van der Waals surface area contributed by atoms with Gasteiger partial charge in [-0.2, -0.15) is 0 Å². The molecular weight excluding hydrogens is 436 g/mol. The number of nitrogens with one attached hydrogen (secondary N) is 1. The number of ether oxygens (including phenoxy) is 2. The second-order valence-corrected chi connectivity index (χ2v) is 8.13. The molecule has 9 heteroatoms. The topological polar surface area (TPSA) is 66.4 Å². The fraction of sp³-hybridized carbons (Fsp3) is 0.318. The molecule has 2 heterocycles. The minimum atomic E-state index is -0.897. The number of nitrogens with zero attached hydrogens (tertiary/aromatic N) is 3. The number of thiocarbonyl (C=S) groups is 1. The monoisotopic (exact) mass is 458 g/mol. The molecule has 1 atom stereocenters. The second kappa shape index (κ2) is 9.32. The van der Waals surface area contributed by atoms with Gasteiger partial charge >= 0.3 is 0 Å². The Morgan fingerprint density at radius 2 is 1.97 bits per heavy atom. The maximum absolute atomic E-state index is 13.3. The average Bonchev–Trinajstić information content (AvgIpc) is 3.26. The lowest BCUT2D eigenvalue weighted by Crippen LogP contribution is -2.50. The zero-order valence-corrected chi connectivity index (χ0v) is 18.8. The van der Waals surface area contributed by atoms with Gasteiger partial charge in [0, 0.05) is 30.2 Å². The van der Waals surface area contributed by atoms with Crippen LogP contribution in [0.3, 0.4) is 0 Å². The van der Waals surface area contributed by atoms with E-state index in [1.807, 2.05) is 49.5 Å². The molecule has 2 aromatic carbocycles. The Bertz CT molecular complexity index is 1010. The van der Waals surface area contributed by atoms with Gasteiger partial charge in [0.05, 0.1) is 31.2 Å². The molecule has 0 aliphatic carbocycles. The van der Waals surface area contributed by atoms with Crippen LogP contribution < -0.4 is 10.2 Å². The van der Waals surface area contributed by atoms with E-state index in [-0.39, 0.29) is 12.2 Å². The number of fused-ring (bicyclic) bond motifs is 1. The molecule has 2 aliphatic heterocycles. The molecule has 162 valence electrons. The molecule has 7 nitrogen and oxygen atoms in total. The van der Waals surface area contributed by atoms with E-state index in [0.717, 1.165) is 16.8 Å². The number of anilines is 1. The van der Waals surface area contributed by atoms with Crippen LogP contribution >= 0.6 is 23.8 Å². The Morgan fingerprint density at radius 1 is 1.26 bits per heavy atom. The summed E-state index contributed by atoms with van der Waals surface area (Å²) in [7, 11) is 3.54. The van der Waals surface area contributed by atoms with Gasteiger partial charge in [-0.1, -0.05) is 41.9 Å². The summed E-state index contributed by atoms with van der Waals surface area (Å²) < 4.78 is 11.0. The summed E-state index contributed by atoms with van der Waals surface area (Å²) in [5.74, 6) is -0.224. The first-order valence-electron chi connectivity index (χ1n) is 9.89. The molecule has 1 amide bonds. The molecule has 1 fully saturated rings. The van der Waals surface area contributed by atoms with Gasteiger partial charge in [-0.05, 0) is 30.4 Å². The predicted molar refractivity (Wildman–Crippen MR) is 125 cm³/mol. The van der Waals surface area contributed by atoms with Gasteiger partial charge in [0.1, 0.15) is 0 Å². The molecule has 1 saturated heterocycles. The van der Waals surface area contributed by atoms with Gasteiger partial charge < -0.3 is 24.6 Å². The van der Waals surface area contributed by atoms with E-state index in [4.69, 9.17) is 38.3 Å². The van der Waals surface area contributed by atoms with Crippen LogP contribution in [0.1, 0.15) is 11.1 Å². The Kier molecular flexibility index (Phi) is 6.52. The van der Waals surface area contributed by atoms with Gasteiger partial charge in [0.15, 0.2) is 11.4 Å². The largest absolute Gasteiger partial charge is 0.348 e. The van der Waals surface area contributed by atoms with Crippen LogP contribution in [0.5, 0.6) is 0 Å². The minimum absolute atomic E-state index is 0.224. The van der Waals surface area contributed by atoms with Crippen molar-refractivity contribution in [3.8, 4) is 0 Å². The maximum atomic E-state index is 13.3. The summed E-state index contributed by atoms with van der Waals surface area (Å²) in [5.41, 5.74) is 3.06. The smallest absolute Gasteiger partial charge is 0.272 e. The van der Waals surface area contributed by atoms with Gasteiger partial charge in [-0.3, -0.25) is 4.79 Å². The number of carbonyl (C=O) groups is 1. The molecule has 0 radical (unpaired) electrons. The van der Waals surface area contributed by atoms with Crippen molar-refractivity contribution in [2.75, 3.05) is 38.8 Å². The van der Waals surface area contributed by atoms with Crippen LogP contribution in [-0.4, -0.2) is 67.9 Å². The third kappa shape index (κ3) is 4.72. The van der Waals surface area contributed by atoms with Crippen LogP contribution in [0.4, 0.5) is 5.69 Å². The number of benzene rings is 2. The summed E-state index contributed by atoms with van der Waals surface area (Å²) in [6, 6.07) is 15.1. The zero-order valence-electron chi connectivity index (χ0n) is 17.2. The van der Waals surface area contributed by atoms with Crippen LogP contribution in [0.15, 0.2) is 53.5 Å². The van der Waals surface area contributed by atoms with Gasteiger partial charge in [-0.15, -0.1) is 0 Å². The third-order valence-electron chi connectivity index (χ3n) is 5.17. The van der Waals surface area contributed by atoms with E-state index in [1.165, 1.54) is 0 Å². The van der Waals surface area contributed by atoms with E-state index in [1.54, 1.807) is 22.9 Å². The number of hydrogen-bond acceptors (Lipinski definition) is 5. The highest BCUT2D eigenvalue weighted by Crippen LogP contribution is 2.29. The Labute approximate surface area is 191 Å². The molecule has 0 saturated carbocycles. The quantitative estimate of drug-likeness (QED) is 0.710. The highest BCUT2D eigenvalue weighted by molar-refractivity contribution is 7.80. The molecule has 2 aromatic rings. The molecule has 1 unspecified atom stereocenters.